The molecule has 0 bridgehead atoms. The molecule has 0 radical (unpaired) electrons. The second kappa shape index (κ2) is 6.82. The summed E-state index contributed by atoms with van der Waals surface area (Å²) in [6, 6.07) is 15.3. The number of nitrogens with two attached hydrogens (primary N) is 1. The van der Waals surface area contributed by atoms with Crippen molar-refractivity contribution in [2.24, 2.45) is 5.73 Å². The minimum Gasteiger partial charge on any atom is -0.333 e. The average Bonchev–Trinajstić information content (AvgIpc) is 2.48. The Morgan fingerprint density at radius 1 is 1.05 bits per heavy atom. The second-order valence-corrected chi connectivity index (χ2v) is 4.51. The maximum absolute atomic E-state index is 12.9. The molecule has 0 aliphatic heterocycles. The monoisotopic (exact) mass is 272 g/mol. The highest BCUT2D eigenvalue weighted by atomic mass is 19.1. The van der Waals surface area contributed by atoms with E-state index in [9.17, 15) is 9.18 Å². The van der Waals surface area contributed by atoms with Gasteiger partial charge < -0.3 is 10.6 Å². The van der Waals surface area contributed by atoms with Crippen LogP contribution in [-0.2, 0) is 6.54 Å². The van der Waals surface area contributed by atoms with Crippen molar-refractivity contribution in [1.29, 1.82) is 0 Å². The highest BCUT2D eigenvalue weighted by Crippen LogP contribution is 2.10. The third-order valence-corrected chi connectivity index (χ3v) is 2.99. The Bertz CT molecular complexity index is 554. The number of carbonyl (C=O) groups is 1. The molecule has 0 saturated heterocycles. The smallest absolute Gasteiger partial charge is 0.254 e. The molecule has 0 fully saturated rings. The zero-order chi connectivity index (χ0) is 14.4. The molecule has 2 aromatic rings. The van der Waals surface area contributed by atoms with Crippen LogP contribution >= 0.6 is 0 Å². The van der Waals surface area contributed by atoms with Crippen LogP contribution in [-0.4, -0.2) is 23.9 Å². The van der Waals surface area contributed by atoms with Crippen LogP contribution in [0.15, 0.2) is 54.6 Å². The number of hydrogen-bond donors (Lipinski definition) is 1. The highest BCUT2D eigenvalue weighted by molar-refractivity contribution is 5.94. The Morgan fingerprint density at radius 3 is 2.30 bits per heavy atom. The van der Waals surface area contributed by atoms with Gasteiger partial charge in [0.25, 0.3) is 5.91 Å². The lowest BCUT2D eigenvalue weighted by Gasteiger charge is -2.22. The third-order valence-electron chi connectivity index (χ3n) is 2.99. The normalized spacial score (nSPS) is 10.3. The first-order valence-electron chi connectivity index (χ1n) is 6.49. The van der Waals surface area contributed by atoms with Crippen molar-refractivity contribution >= 4 is 5.91 Å². The molecule has 0 spiro atoms. The maximum atomic E-state index is 12.9. The Morgan fingerprint density at radius 2 is 1.70 bits per heavy atom. The fourth-order valence-corrected chi connectivity index (χ4v) is 1.99. The van der Waals surface area contributed by atoms with Crippen LogP contribution < -0.4 is 5.73 Å². The predicted octanol–water partition coefficient (Wildman–Crippen LogP) is 2.43. The maximum Gasteiger partial charge on any atom is 0.254 e. The predicted molar refractivity (Wildman–Crippen MR) is 76.6 cm³/mol. The summed E-state index contributed by atoms with van der Waals surface area (Å²) in [5.41, 5.74) is 7.08. The van der Waals surface area contributed by atoms with Crippen LogP contribution in [0.5, 0.6) is 0 Å². The highest BCUT2D eigenvalue weighted by Gasteiger charge is 2.15. The van der Waals surface area contributed by atoms with Gasteiger partial charge in [0.2, 0.25) is 0 Å². The molecule has 104 valence electrons. The lowest BCUT2D eigenvalue weighted by molar-refractivity contribution is 0.0748. The van der Waals surface area contributed by atoms with Gasteiger partial charge in [-0.25, -0.2) is 4.39 Å². The van der Waals surface area contributed by atoms with Crippen molar-refractivity contribution in [3.05, 3.63) is 71.5 Å². The number of hydrogen-bond acceptors (Lipinski definition) is 2. The number of halogens is 1. The van der Waals surface area contributed by atoms with Gasteiger partial charge in [-0.1, -0.05) is 30.3 Å². The summed E-state index contributed by atoms with van der Waals surface area (Å²) in [5, 5.41) is 0. The van der Waals surface area contributed by atoms with Gasteiger partial charge in [-0.2, -0.15) is 0 Å². The lowest BCUT2D eigenvalue weighted by atomic mass is 10.1. The zero-order valence-electron chi connectivity index (χ0n) is 11.1. The topological polar surface area (TPSA) is 46.3 Å². The van der Waals surface area contributed by atoms with E-state index in [1.165, 1.54) is 24.3 Å². The van der Waals surface area contributed by atoms with Crippen molar-refractivity contribution in [1.82, 2.24) is 4.90 Å². The van der Waals surface area contributed by atoms with Crippen LogP contribution in [0.2, 0.25) is 0 Å². The van der Waals surface area contributed by atoms with Gasteiger partial charge in [0.05, 0.1) is 0 Å². The number of nitrogens with zero attached hydrogens (tertiary/aromatic N) is 1. The molecule has 0 unspecified atom stereocenters. The minimum absolute atomic E-state index is 0.140. The van der Waals surface area contributed by atoms with Crippen LogP contribution in [0.1, 0.15) is 15.9 Å². The van der Waals surface area contributed by atoms with Crippen LogP contribution in [0.25, 0.3) is 0 Å². The number of benzene rings is 2. The molecule has 4 heteroatoms. The third kappa shape index (κ3) is 3.65. The largest absolute Gasteiger partial charge is 0.333 e. The van der Waals surface area contributed by atoms with E-state index in [1.807, 2.05) is 30.3 Å². The molecule has 0 aliphatic rings. The fourth-order valence-electron chi connectivity index (χ4n) is 1.99. The molecule has 1 amide bonds. The van der Waals surface area contributed by atoms with Gasteiger partial charge in [0, 0.05) is 25.2 Å². The standard InChI is InChI=1S/C16H17FN2O/c17-15-8-6-14(7-9-15)16(20)19(11-10-18)12-13-4-2-1-3-5-13/h1-9H,10-12,18H2. The van der Waals surface area contributed by atoms with Gasteiger partial charge in [0.15, 0.2) is 0 Å². The molecule has 0 atom stereocenters. The molecule has 2 rings (SSSR count). The van der Waals surface area contributed by atoms with Crippen molar-refractivity contribution < 1.29 is 9.18 Å². The summed E-state index contributed by atoms with van der Waals surface area (Å²) in [6.07, 6.45) is 0. The summed E-state index contributed by atoms with van der Waals surface area (Å²) in [4.78, 5) is 14.1. The van der Waals surface area contributed by atoms with Crippen molar-refractivity contribution in [2.75, 3.05) is 13.1 Å². The van der Waals surface area contributed by atoms with Gasteiger partial charge >= 0.3 is 0 Å². The van der Waals surface area contributed by atoms with Gasteiger partial charge in [0.1, 0.15) is 5.82 Å². The Labute approximate surface area is 117 Å². The van der Waals surface area contributed by atoms with E-state index in [4.69, 9.17) is 5.73 Å². The quantitative estimate of drug-likeness (QED) is 0.908. The first-order valence-corrected chi connectivity index (χ1v) is 6.49. The Kier molecular flexibility index (Phi) is 4.85. The van der Waals surface area contributed by atoms with E-state index in [0.29, 0.717) is 25.2 Å². The first-order chi connectivity index (χ1) is 9.70. The number of amides is 1. The van der Waals surface area contributed by atoms with Crippen LogP contribution in [0.4, 0.5) is 4.39 Å². The van der Waals surface area contributed by atoms with Gasteiger partial charge in [-0.05, 0) is 29.8 Å². The van der Waals surface area contributed by atoms with E-state index < -0.39 is 0 Å². The van der Waals surface area contributed by atoms with Crippen molar-refractivity contribution in [2.45, 2.75) is 6.54 Å². The van der Waals surface area contributed by atoms with E-state index >= 15 is 0 Å². The molecule has 0 heterocycles. The molecular weight excluding hydrogens is 255 g/mol. The van der Waals surface area contributed by atoms with Crippen molar-refractivity contribution in [3.63, 3.8) is 0 Å². The molecule has 2 N–H and O–H groups in total. The molecule has 2 aromatic carbocycles. The molecule has 3 nitrogen and oxygen atoms in total. The summed E-state index contributed by atoms with van der Waals surface area (Å²) in [7, 11) is 0. The summed E-state index contributed by atoms with van der Waals surface area (Å²) in [6.45, 7) is 1.35. The minimum atomic E-state index is -0.352. The average molecular weight is 272 g/mol. The van der Waals surface area contributed by atoms with Gasteiger partial charge in [-0.15, -0.1) is 0 Å². The van der Waals surface area contributed by atoms with Crippen LogP contribution in [0.3, 0.4) is 0 Å². The Hall–Kier alpha value is -2.20. The fraction of sp³-hybridized carbons (Fsp3) is 0.188. The molecule has 0 saturated carbocycles. The van der Waals surface area contributed by atoms with Crippen molar-refractivity contribution in [3.8, 4) is 0 Å². The van der Waals surface area contributed by atoms with E-state index in [1.54, 1.807) is 4.90 Å². The Balaban J connectivity index is 2.15. The number of carbonyl (C=O) groups excluding carboxylic acids is 1. The first kappa shape index (κ1) is 14.2. The van der Waals surface area contributed by atoms with Crippen LogP contribution in [0, 0.1) is 5.82 Å². The molecule has 0 aliphatic carbocycles. The molecule has 20 heavy (non-hydrogen) atoms. The zero-order valence-corrected chi connectivity index (χ0v) is 11.1. The van der Waals surface area contributed by atoms with E-state index in [-0.39, 0.29) is 11.7 Å². The van der Waals surface area contributed by atoms with Gasteiger partial charge in [-0.3, -0.25) is 4.79 Å². The second-order valence-electron chi connectivity index (χ2n) is 4.51. The molecular formula is C16H17FN2O. The lowest BCUT2D eigenvalue weighted by Crippen LogP contribution is -2.34. The summed E-state index contributed by atoms with van der Waals surface area (Å²) >= 11 is 0. The summed E-state index contributed by atoms with van der Waals surface area (Å²) < 4.78 is 12.9. The molecule has 0 aromatic heterocycles. The SMILES string of the molecule is NCCN(Cc1ccccc1)C(=O)c1ccc(F)cc1. The van der Waals surface area contributed by atoms with E-state index in [0.717, 1.165) is 5.56 Å². The number of rotatable bonds is 5. The van der Waals surface area contributed by atoms with E-state index in [2.05, 4.69) is 0 Å². The summed E-state index contributed by atoms with van der Waals surface area (Å²) in [5.74, 6) is -0.491.